The number of methoxy groups -OCH3 is 1. The van der Waals surface area contributed by atoms with Crippen molar-refractivity contribution in [2.24, 2.45) is 0 Å². The fourth-order valence-corrected chi connectivity index (χ4v) is 2.90. The summed E-state index contributed by atoms with van der Waals surface area (Å²) in [4.78, 5) is 2.53. The number of benzene rings is 1. The van der Waals surface area contributed by atoms with Crippen molar-refractivity contribution < 1.29 is 9.84 Å². The fraction of sp³-hybridized carbons (Fsp3) is 0.647. The van der Waals surface area contributed by atoms with Gasteiger partial charge < -0.3 is 20.1 Å². The highest BCUT2D eigenvalue weighted by atomic mass is 16.5. The summed E-state index contributed by atoms with van der Waals surface area (Å²) in [5.41, 5.74) is 0.937. The number of hydrogen-bond donors (Lipinski definition) is 2. The molecule has 2 rings (SSSR count). The van der Waals surface area contributed by atoms with Crippen LogP contribution in [0.5, 0.6) is 5.75 Å². The van der Waals surface area contributed by atoms with Crippen LogP contribution in [0.3, 0.4) is 0 Å². The van der Waals surface area contributed by atoms with Gasteiger partial charge in [0.25, 0.3) is 0 Å². The summed E-state index contributed by atoms with van der Waals surface area (Å²) in [7, 11) is 1.65. The van der Waals surface area contributed by atoms with Gasteiger partial charge >= 0.3 is 0 Å². The highest BCUT2D eigenvalue weighted by Crippen LogP contribution is 2.18. The summed E-state index contributed by atoms with van der Waals surface area (Å²) in [6, 6.07) is 8.17. The van der Waals surface area contributed by atoms with Crippen LogP contribution in [-0.2, 0) is 0 Å². The number of likely N-dealkylation sites (tertiary alicyclic amines) is 1. The van der Waals surface area contributed by atoms with Crippen molar-refractivity contribution in [1.29, 1.82) is 0 Å². The Hall–Kier alpha value is -1.10. The van der Waals surface area contributed by atoms with Crippen LogP contribution in [0.15, 0.2) is 24.3 Å². The minimum absolute atomic E-state index is 0.454. The Labute approximate surface area is 128 Å². The van der Waals surface area contributed by atoms with Gasteiger partial charge in [-0.05, 0) is 56.6 Å². The summed E-state index contributed by atoms with van der Waals surface area (Å²) in [6.45, 7) is 6.40. The quantitative estimate of drug-likeness (QED) is 0.808. The van der Waals surface area contributed by atoms with Gasteiger partial charge in [-0.2, -0.15) is 0 Å². The topological polar surface area (TPSA) is 44.7 Å². The van der Waals surface area contributed by atoms with Gasteiger partial charge in [0.1, 0.15) is 5.75 Å². The highest BCUT2D eigenvalue weighted by Gasteiger charge is 2.19. The van der Waals surface area contributed by atoms with E-state index in [2.05, 4.69) is 17.1 Å². The van der Waals surface area contributed by atoms with E-state index >= 15 is 0 Å². The Morgan fingerprint density at radius 3 is 2.52 bits per heavy atom. The molecule has 2 N–H and O–H groups in total. The minimum atomic E-state index is -0.454. The summed E-state index contributed by atoms with van der Waals surface area (Å²) >= 11 is 0. The third kappa shape index (κ3) is 4.99. The van der Waals surface area contributed by atoms with Gasteiger partial charge in [-0.15, -0.1) is 0 Å². The highest BCUT2D eigenvalue weighted by molar-refractivity contribution is 5.28. The van der Waals surface area contributed by atoms with Crippen LogP contribution in [0.4, 0.5) is 0 Å². The zero-order chi connectivity index (χ0) is 15.1. The molecule has 21 heavy (non-hydrogen) atoms. The van der Waals surface area contributed by atoms with Gasteiger partial charge in [0.2, 0.25) is 0 Å². The molecule has 1 saturated heterocycles. The van der Waals surface area contributed by atoms with E-state index in [1.807, 2.05) is 24.3 Å². The van der Waals surface area contributed by atoms with E-state index in [4.69, 9.17) is 4.74 Å². The van der Waals surface area contributed by atoms with Crippen LogP contribution in [-0.4, -0.2) is 49.3 Å². The Morgan fingerprint density at radius 2 is 1.95 bits per heavy atom. The van der Waals surface area contributed by atoms with Gasteiger partial charge in [-0.25, -0.2) is 0 Å². The Bertz CT molecular complexity index is 400. The fourth-order valence-electron chi connectivity index (χ4n) is 2.90. The van der Waals surface area contributed by atoms with E-state index in [0.29, 0.717) is 12.6 Å². The zero-order valence-electron chi connectivity index (χ0n) is 13.2. The van der Waals surface area contributed by atoms with Crippen LogP contribution >= 0.6 is 0 Å². The van der Waals surface area contributed by atoms with Crippen molar-refractivity contribution in [3.8, 4) is 5.75 Å². The van der Waals surface area contributed by atoms with E-state index in [-0.39, 0.29) is 0 Å². The first kappa shape index (κ1) is 16.3. The third-order valence-electron chi connectivity index (χ3n) is 4.23. The average molecular weight is 292 g/mol. The van der Waals surface area contributed by atoms with Crippen molar-refractivity contribution in [1.82, 2.24) is 10.2 Å². The number of nitrogens with one attached hydrogen (secondary N) is 1. The molecule has 118 valence electrons. The monoisotopic (exact) mass is 292 g/mol. The molecule has 0 spiro atoms. The normalized spacial score (nSPS) is 18.6. The predicted octanol–water partition coefficient (Wildman–Crippen LogP) is 2.19. The molecular weight excluding hydrogens is 264 g/mol. The summed E-state index contributed by atoms with van der Waals surface area (Å²) in [5, 5.41) is 13.7. The molecule has 1 aliphatic rings. The lowest BCUT2D eigenvalue weighted by molar-refractivity contribution is 0.151. The molecule has 0 bridgehead atoms. The Morgan fingerprint density at radius 1 is 1.29 bits per heavy atom. The molecule has 4 nitrogen and oxygen atoms in total. The first-order valence-corrected chi connectivity index (χ1v) is 8.00. The van der Waals surface area contributed by atoms with Crippen LogP contribution in [0.2, 0.25) is 0 Å². The molecule has 1 heterocycles. The van der Waals surface area contributed by atoms with E-state index in [9.17, 15) is 5.11 Å². The molecule has 1 atom stereocenters. The summed E-state index contributed by atoms with van der Waals surface area (Å²) in [5.74, 6) is 0.821. The molecule has 1 aliphatic heterocycles. The Balaban J connectivity index is 1.72. The lowest BCUT2D eigenvalue weighted by atomic mass is 10.0. The van der Waals surface area contributed by atoms with Crippen molar-refractivity contribution in [3.05, 3.63) is 29.8 Å². The maximum Gasteiger partial charge on any atom is 0.118 e. The van der Waals surface area contributed by atoms with Gasteiger partial charge in [-0.1, -0.05) is 19.1 Å². The lowest BCUT2D eigenvalue weighted by Crippen LogP contribution is -2.43. The third-order valence-corrected chi connectivity index (χ3v) is 4.23. The van der Waals surface area contributed by atoms with Crippen LogP contribution < -0.4 is 10.1 Å². The van der Waals surface area contributed by atoms with E-state index < -0.39 is 6.10 Å². The number of aliphatic hydroxyl groups is 1. The first-order valence-electron chi connectivity index (χ1n) is 8.00. The SMILES string of the molecule is CCCN1CCC(NCC(O)c2ccc(OC)cc2)CC1. The van der Waals surface area contributed by atoms with Gasteiger partial charge in [-0.3, -0.25) is 0 Å². The van der Waals surface area contributed by atoms with Crippen molar-refractivity contribution in [2.45, 2.75) is 38.3 Å². The van der Waals surface area contributed by atoms with Gasteiger partial charge in [0.15, 0.2) is 0 Å². The second-order valence-corrected chi connectivity index (χ2v) is 5.81. The van der Waals surface area contributed by atoms with E-state index in [1.54, 1.807) is 7.11 Å². The molecule has 0 amide bonds. The zero-order valence-corrected chi connectivity index (χ0v) is 13.2. The number of aliphatic hydroxyl groups excluding tert-OH is 1. The van der Waals surface area contributed by atoms with Crippen molar-refractivity contribution in [2.75, 3.05) is 33.3 Å². The Kier molecular flexibility index (Phi) is 6.49. The smallest absolute Gasteiger partial charge is 0.118 e. The van der Waals surface area contributed by atoms with Gasteiger partial charge in [0, 0.05) is 12.6 Å². The molecular formula is C17H28N2O2. The molecule has 1 aromatic carbocycles. The van der Waals surface area contributed by atoms with E-state index in [1.165, 1.54) is 38.9 Å². The number of piperidine rings is 1. The average Bonchev–Trinajstić information content (AvgIpc) is 2.54. The molecule has 0 radical (unpaired) electrons. The maximum atomic E-state index is 10.2. The minimum Gasteiger partial charge on any atom is -0.497 e. The maximum absolute atomic E-state index is 10.2. The second-order valence-electron chi connectivity index (χ2n) is 5.81. The number of rotatable bonds is 7. The first-order chi connectivity index (χ1) is 10.2. The number of ether oxygens (including phenoxy) is 1. The van der Waals surface area contributed by atoms with Crippen molar-refractivity contribution >= 4 is 0 Å². The second kappa shape index (κ2) is 8.37. The molecule has 4 heteroatoms. The van der Waals surface area contributed by atoms with Gasteiger partial charge in [0.05, 0.1) is 13.2 Å². The molecule has 0 aliphatic carbocycles. The van der Waals surface area contributed by atoms with Crippen molar-refractivity contribution in [3.63, 3.8) is 0 Å². The number of hydrogen-bond acceptors (Lipinski definition) is 4. The standard InChI is InChI=1S/C17H28N2O2/c1-3-10-19-11-8-15(9-12-19)18-13-17(20)14-4-6-16(21-2)7-5-14/h4-7,15,17-18,20H,3,8-13H2,1-2H3. The molecule has 0 aromatic heterocycles. The lowest BCUT2D eigenvalue weighted by Gasteiger charge is -2.32. The largest absolute Gasteiger partial charge is 0.497 e. The summed E-state index contributed by atoms with van der Waals surface area (Å²) < 4.78 is 5.13. The summed E-state index contributed by atoms with van der Waals surface area (Å²) in [6.07, 6.45) is 3.13. The molecule has 1 unspecified atom stereocenters. The van der Waals surface area contributed by atoms with Crippen LogP contribution in [0.25, 0.3) is 0 Å². The molecule has 1 fully saturated rings. The van der Waals surface area contributed by atoms with Crippen LogP contribution in [0, 0.1) is 0 Å². The number of nitrogens with zero attached hydrogens (tertiary/aromatic N) is 1. The van der Waals surface area contributed by atoms with Crippen LogP contribution in [0.1, 0.15) is 37.9 Å². The predicted molar refractivity (Wildman–Crippen MR) is 85.7 cm³/mol. The molecule has 0 saturated carbocycles. The molecule has 1 aromatic rings. The van der Waals surface area contributed by atoms with E-state index in [0.717, 1.165) is 11.3 Å².